The molecule has 0 heterocycles. The summed E-state index contributed by atoms with van der Waals surface area (Å²) >= 11 is 5.78. The van der Waals surface area contributed by atoms with Gasteiger partial charge >= 0.3 is 0 Å². The summed E-state index contributed by atoms with van der Waals surface area (Å²) in [5.41, 5.74) is 2.37. The van der Waals surface area contributed by atoms with Crippen LogP contribution in [-0.2, 0) is 6.61 Å². The van der Waals surface area contributed by atoms with E-state index in [4.69, 9.17) is 4.74 Å². The normalized spacial score (nSPS) is 10.3. The van der Waals surface area contributed by atoms with Gasteiger partial charge < -0.3 is 4.74 Å². The number of ether oxygens (including phenoxy) is 1. The van der Waals surface area contributed by atoms with Crippen LogP contribution in [0.3, 0.4) is 0 Å². The van der Waals surface area contributed by atoms with Crippen molar-refractivity contribution in [1.82, 2.24) is 0 Å². The van der Waals surface area contributed by atoms with Crippen molar-refractivity contribution in [3.63, 3.8) is 0 Å². The number of halogens is 2. The molecule has 1 nitrogen and oxygen atoms in total. The molecule has 2 aromatic carbocycles. The second-order valence-corrected chi connectivity index (χ2v) is 5.93. The minimum atomic E-state index is 0.609. The van der Waals surface area contributed by atoms with Crippen LogP contribution in [0, 0.1) is 10.5 Å². The van der Waals surface area contributed by atoms with E-state index in [0.29, 0.717) is 6.61 Å². The van der Waals surface area contributed by atoms with Gasteiger partial charge in [0.15, 0.2) is 0 Å². The van der Waals surface area contributed by atoms with Crippen molar-refractivity contribution in [2.45, 2.75) is 13.5 Å². The molecule has 2 rings (SSSR count). The van der Waals surface area contributed by atoms with E-state index in [0.717, 1.165) is 10.2 Å². The monoisotopic (exact) mass is 402 g/mol. The van der Waals surface area contributed by atoms with Crippen molar-refractivity contribution in [2.24, 2.45) is 0 Å². The SMILES string of the molecule is Cc1cc(OCc2ccc(I)cc2)ccc1Br. The molecule has 0 atom stereocenters. The molecular weight excluding hydrogens is 391 g/mol. The van der Waals surface area contributed by atoms with E-state index in [1.165, 1.54) is 14.7 Å². The third-order valence-electron chi connectivity index (χ3n) is 2.45. The Hall–Kier alpha value is -0.550. The van der Waals surface area contributed by atoms with Crippen LogP contribution in [0.1, 0.15) is 11.1 Å². The van der Waals surface area contributed by atoms with Crippen LogP contribution >= 0.6 is 38.5 Å². The van der Waals surface area contributed by atoms with Crippen LogP contribution < -0.4 is 4.74 Å². The zero-order valence-corrected chi connectivity index (χ0v) is 13.2. The molecule has 0 bridgehead atoms. The fourth-order valence-corrected chi connectivity index (χ4v) is 2.06. The summed E-state index contributed by atoms with van der Waals surface area (Å²) in [5, 5.41) is 0. The molecule has 17 heavy (non-hydrogen) atoms. The molecule has 0 aromatic heterocycles. The van der Waals surface area contributed by atoms with Gasteiger partial charge in [-0.2, -0.15) is 0 Å². The maximum Gasteiger partial charge on any atom is 0.120 e. The molecule has 0 aliphatic rings. The predicted octanol–water partition coefficient (Wildman–Crippen LogP) is 4.94. The fourth-order valence-electron chi connectivity index (χ4n) is 1.45. The van der Waals surface area contributed by atoms with Crippen LogP contribution in [-0.4, -0.2) is 0 Å². The lowest BCUT2D eigenvalue weighted by molar-refractivity contribution is 0.306. The summed E-state index contributed by atoms with van der Waals surface area (Å²) in [6.07, 6.45) is 0. The van der Waals surface area contributed by atoms with Crippen molar-refractivity contribution >= 4 is 38.5 Å². The van der Waals surface area contributed by atoms with E-state index >= 15 is 0 Å². The highest BCUT2D eigenvalue weighted by atomic mass is 127. The summed E-state index contributed by atoms with van der Waals surface area (Å²) in [6, 6.07) is 14.4. The van der Waals surface area contributed by atoms with Crippen LogP contribution in [0.2, 0.25) is 0 Å². The molecule has 2 aromatic rings. The third-order valence-corrected chi connectivity index (χ3v) is 4.06. The lowest BCUT2D eigenvalue weighted by atomic mass is 10.2. The molecule has 0 N–H and O–H groups in total. The van der Waals surface area contributed by atoms with Gasteiger partial charge in [0.25, 0.3) is 0 Å². The third kappa shape index (κ3) is 3.71. The Labute approximate surface area is 123 Å². The molecular formula is C14H12BrIO. The molecule has 3 heteroatoms. The molecule has 0 aliphatic carbocycles. The first-order chi connectivity index (χ1) is 8.15. The smallest absolute Gasteiger partial charge is 0.120 e. The summed E-state index contributed by atoms with van der Waals surface area (Å²) < 4.78 is 8.10. The Morgan fingerprint density at radius 2 is 1.82 bits per heavy atom. The summed E-state index contributed by atoms with van der Waals surface area (Å²) in [6.45, 7) is 2.67. The molecule has 0 saturated heterocycles. The highest BCUT2D eigenvalue weighted by Gasteiger charge is 1.99. The van der Waals surface area contributed by atoms with Gasteiger partial charge in [-0.15, -0.1) is 0 Å². The van der Waals surface area contributed by atoms with E-state index in [-0.39, 0.29) is 0 Å². The highest BCUT2D eigenvalue weighted by Crippen LogP contribution is 2.22. The lowest BCUT2D eigenvalue weighted by Gasteiger charge is -2.08. The van der Waals surface area contributed by atoms with E-state index in [9.17, 15) is 0 Å². The van der Waals surface area contributed by atoms with Gasteiger partial charge in [0.05, 0.1) is 0 Å². The number of benzene rings is 2. The first-order valence-electron chi connectivity index (χ1n) is 5.28. The Morgan fingerprint density at radius 3 is 2.47 bits per heavy atom. The molecule has 0 spiro atoms. The summed E-state index contributed by atoms with van der Waals surface area (Å²) in [4.78, 5) is 0. The Bertz CT molecular complexity index is 508. The molecule has 0 radical (unpaired) electrons. The largest absolute Gasteiger partial charge is 0.489 e. The second kappa shape index (κ2) is 5.87. The van der Waals surface area contributed by atoms with Gasteiger partial charge in [0, 0.05) is 8.04 Å². The van der Waals surface area contributed by atoms with E-state index in [2.05, 4.69) is 69.7 Å². The molecule has 0 fully saturated rings. The predicted molar refractivity (Wildman–Crippen MR) is 82.4 cm³/mol. The summed E-state index contributed by atoms with van der Waals surface area (Å²) in [7, 11) is 0. The Balaban J connectivity index is 2.02. The highest BCUT2D eigenvalue weighted by molar-refractivity contribution is 14.1. The van der Waals surface area contributed by atoms with Gasteiger partial charge in [-0.3, -0.25) is 0 Å². The van der Waals surface area contributed by atoms with Gasteiger partial charge in [-0.1, -0.05) is 28.1 Å². The minimum absolute atomic E-state index is 0.609. The molecule has 0 unspecified atom stereocenters. The average molecular weight is 403 g/mol. The Kier molecular flexibility index (Phi) is 4.45. The van der Waals surface area contributed by atoms with Crippen molar-refractivity contribution < 1.29 is 4.74 Å². The van der Waals surface area contributed by atoms with Crippen molar-refractivity contribution in [3.05, 3.63) is 61.6 Å². The fraction of sp³-hybridized carbons (Fsp3) is 0.143. The second-order valence-electron chi connectivity index (χ2n) is 3.83. The first-order valence-corrected chi connectivity index (χ1v) is 7.16. The van der Waals surface area contributed by atoms with Crippen molar-refractivity contribution in [2.75, 3.05) is 0 Å². The minimum Gasteiger partial charge on any atom is -0.489 e. The van der Waals surface area contributed by atoms with E-state index < -0.39 is 0 Å². The van der Waals surface area contributed by atoms with Crippen LogP contribution in [0.4, 0.5) is 0 Å². The molecule has 88 valence electrons. The lowest BCUT2D eigenvalue weighted by Crippen LogP contribution is -1.95. The topological polar surface area (TPSA) is 9.23 Å². The Morgan fingerprint density at radius 1 is 1.12 bits per heavy atom. The molecule has 0 amide bonds. The van der Waals surface area contributed by atoms with Crippen LogP contribution in [0.25, 0.3) is 0 Å². The van der Waals surface area contributed by atoms with E-state index in [1.807, 2.05) is 18.2 Å². The van der Waals surface area contributed by atoms with Gasteiger partial charge in [-0.05, 0) is 71.0 Å². The maximum atomic E-state index is 5.74. The number of hydrogen-bond donors (Lipinski definition) is 0. The van der Waals surface area contributed by atoms with Crippen molar-refractivity contribution in [1.29, 1.82) is 0 Å². The zero-order valence-electron chi connectivity index (χ0n) is 9.41. The van der Waals surface area contributed by atoms with Gasteiger partial charge in [0.1, 0.15) is 12.4 Å². The summed E-state index contributed by atoms with van der Waals surface area (Å²) in [5.74, 6) is 0.907. The van der Waals surface area contributed by atoms with Crippen LogP contribution in [0.15, 0.2) is 46.9 Å². The standard InChI is InChI=1S/C14H12BrIO/c1-10-8-13(6-7-14(10)15)17-9-11-2-4-12(16)5-3-11/h2-8H,9H2,1H3. The number of rotatable bonds is 3. The maximum absolute atomic E-state index is 5.74. The van der Waals surface area contributed by atoms with Gasteiger partial charge in [0.2, 0.25) is 0 Å². The zero-order chi connectivity index (χ0) is 12.3. The average Bonchev–Trinajstić information content (AvgIpc) is 2.33. The van der Waals surface area contributed by atoms with Crippen LogP contribution in [0.5, 0.6) is 5.75 Å². The number of hydrogen-bond acceptors (Lipinski definition) is 1. The number of aryl methyl sites for hydroxylation is 1. The molecule has 0 saturated carbocycles. The van der Waals surface area contributed by atoms with Crippen molar-refractivity contribution in [3.8, 4) is 5.75 Å². The quantitative estimate of drug-likeness (QED) is 0.660. The van der Waals surface area contributed by atoms with Gasteiger partial charge in [-0.25, -0.2) is 0 Å². The van der Waals surface area contributed by atoms with E-state index in [1.54, 1.807) is 0 Å². The first kappa shape index (κ1) is 12.9. The molecule has 0 aliphatic heterocycles.